The minimum Gasteiger partial charge on any atom is -0.459 e. The number of benzene rings is 2. The van der Waals surface area contributed by atoms with Crippen LogP contribution in [0.4, 0.5) is 4.79 Å². The lowest BCUT2D eigenvalue weighted by Crippen LogP contribution is -2.52. The van der Waals surface area contributed by atoms with Crippen LogP contribution in [0.2, 0.25) is 0 Å². The van der Waals surface area contributed by atoms with Crippen molar-refractivity contribution in [3.8, 4) is 0 Å². The number of nitrogens with zero attached hydrogens (tertiary/aromatic N) is 1. The van der Waals surface area contributed by atoms with Crippen molar-refractivity contribution in [1.29, 1.82) is 0 Å². The summed E-state index contributed by atoms with van der Waals surface area (Å²) in [6.45, 7) is 1.25. The molecule has 1 saturated heterocycles. The molecular formula is C21H24N2O3. The van der Waals surface area contributed by atoms with Gasteiger partial charge in [-0.15, -0.1) is 0 Å². The lowest BCUT2D eigenvalue weighted by atomic mass is 10.0. The number of carbonyl (C=O) groups excluding carboxylic acids is 2. The molecule has 1 aliphatic rings. The SMILES string of the molecule is O=C(OCc1ccccc1)[C@@H]1CCCCN1C(=O)NCc1ccccc1. The quantitative estimate of drug-likeness (QED) is 0.838. The number of urea groups is 1. The van der Waals surface area contributed by atoms with Gasteiger partial charge in [-0.25, -0.2) is 9.59 Å². The second-order valence-electron chi connectivity index (χ2n) is 6.44. The van der Waals surface area contributed by atoms with E-state index in [2.05, 4.69) is 5.32 Å². The Bertz CT molecular complexity index is 655. The molecule has 1 heterocycles. The van der Waals surface area contributed by atoms with Gasteiger partial charge in [0.05, 0.1) is 0 Å². The summed E-state index contributed by atoms with van der Waals surface area (Å²) >= 11 is 0. The first-order chi connectivity index (χ1) is 12.7. The number of carbonyl (C=O) groups is 2. The second kappa shape index (κ2) is 9.04. The van der Waals surface area contributed by atoms with Crippen molar-refractivity contribution in [3.63, 3.8) is 0 Å². The van der Waals surface area contributed by atoms with Crippen molar-refractivity contribution >= 4 is 12.0 Å². The van der Waals surface area contributed by atoms with E-state index >= 15 is 0 Å². The minimum absolute atomic E-state index is 0.213. The van der Waals surface area contributed by atoms with Crippen LogP contribution < -0.4 is 5.32 Å². The number of hydrogen-bond donors (Lipinski definition) is 1. The summed E-state index contributed by atoms with van der Waals surface area (Å²) in [5, 5.41) is 2.91. The molecule has 0 spiro atoms. The van der Waals surface area contributed by atoms with E-state index in [4.69, 9.17) is 4.74 Å². The van der Waals surface area contributed by atoms with Crippen LogP contribution in [0.5, 0.6) is 0 Å². The molecule has 5 nitrogen and oxygen atoms in total. The summed E-state index contributed by atoms with van der Waals surface area (Å²) in [6.07, 6.45) is 2.47. The average Bonchev–Trinajstić information content (AvgIpc) is 2.72. The highest BCUT2D eigenvalue weighted by Crippen LogP contribution is 2.19. The smallest absolute Gasteiger partial charge is 0.329 e. The number of nitrogens with one attached hydrogen (secondary N) is 1. The first-order valence-corrected chi connectivity index (χ1v) is 9.03. The summed E-state index contributed by atoms with van der Waals surface area (Å²) in [5.74, 6) is -0.330. The number of hydrogen-bond acceptors (Lipinski definition) is 3. The molecule has 2 aromatic rings. The zero-order chi connectivity index (χ0) is 18.2. The Hall–Kier alpha value is -2.82. The van der Waals surface area contributed by atoms with Gasteiger partial charge in [0.2, 0.25) is 0 Å². The van der Waals surface area contributed by atoms with Gasteiger partial charge in [0, 0.05) is 13.1 Å². The van der Waals surface area contributed by atoms with Gasteiger partial charge < -0.3 is 15.0 Å². The summed E-state index contributed by atoms with van der Waals surface area (Å²) in [7, 11) is 0. The number of amides is 2. The zero-order valence-corrected chi connectivity index (χ0v) is 14.8. The lowest BCUT2D eigenvalue weighted by Gasteiger charge is -2.34. The maximum atomic E-state index is 12.6. The van der Waals surface area contributed by atoms with Gasteiger partial charge in [-0.3, -0.25) is 0 Å². The van der Waals surface area contributed by atoms with E-state index < -0.39 is 6.04 Å². The highest BCUT2D eigenvalue weighted by Gasteiger charge is 2.33. The fourth-order valence-corrected chi connectivity index (χ4v) is 3.12. The zero-order valence-electron chi connectivity index (χ0n) is 14.8. The highest BCUT2D eigenvalue weighted by molar-refractivity contribution is 5.83. The molecule has 0 bridgehead atoms. The van der Waals surface area contributed by atoms with E-state index in [1.807, 2.05) is 60.7 Å². The first-order valence-electron chi connectivity index (χ1n) is 9.03. The average molecular weight is 352 g/mol. The van der Waals surface area contributed by atoms with Crippen LogP contribution in [-0.4, -0.2) is 29.5 Å². The van der Waals surface area contributed by atoms with Crippen LogP contribution in [0.3, 0.4) is 0 Å². The van der Waals surface area contributed by atoms with Crippen LogP contribution in [0.1, 0.15) is 30.4 Å². The van der Waals surface area contributed by atoms with Crippen molar-refractivity contribution in [3.05, 3.63) is 71.8 Å². The number of rotatable bonds is 5. The van der Waals surface area contributed by atoms with E-state index in [1.165, 1.54) is 0 Å². The van der Waals surface area contributed by atoms with E-state index in [1.54, 1.807) is 4.90 Å². The van der Waals surface area contributed by atoms with Crippen LogP contribution in [-0.2, 0) is 22.7 Å². The van der Waals surface area contributed by atoms with Gasteiger partial charge in [-0.05, 0) is 30.4 Å². The van der Waals surface area contributed by atoms with Gasteiger partial charge >= 0.3 is 12.0 Å². The maximum absolute atomic E-state index is 12.6. The molecule has 1 N–H and O–H groups in total. The predicted octanol–water partition coefficient (Wildman–Crippen LogP) is 3.49. The molecular weight excluding hydrogens is 328 g/mol. The molecule has 0 aliphatic carbocycles. The van der Waals surface area contributed by atoms with Gasteiger partial charge in [-0.1, -0.05) is 60.7 Å². The van der Waals surface area contributed by atoms with E-state index in [-0.39, 0.29) is 18.6 Å². The Morgan fingerprint density at radius 1 is 0.962 bits per heavy atom. The van der Waals surface area contributed by atoms with E-state index in [0.29, 0.717) is 19.5 Å². The third kappa shape index (κ3) is 4.85. The molecule has 0 radical (unpaired) electrons. The van der Waals surface area contributed by atoms with Crippen molar-refractivity contribution in [1.82, 2.24) is 10.2 Å². The minimum atomic E-state index is -0.511. The van der Waals surface area contributed by atoms with Crippen molar-refractivity contribution in [2.24, 2.45) is 0 Å². The molecule has 136 valence electrons. The monoisotopic (exact) mass is 352 g/mol. The van der Waals surface area contributed by atoms with Gasteiger partial charge in [0.1, 0.15) is 12.6 Å². The summed E-state index contributed by atoms with van der Waals surface area (Å²) in [6, 6.07) is 18.6. The summed E-state index contributed by atoms with van der Waals surface area (Å²) in [5.41, 5.74) is 1.97. The largest absolute Gasteiger partial charge is 0.459 e. The molecule has 1 fully saturated rings. The Morgan fingerprint density at radius 3 is 2.31 bits per heavy atom. The topological polar surface area (TPSA) is 58.6 Å². The first kappa shape index (κ1) is 18.0. The molecule has 2 amide bonds. The van der Waals surface area contributed by atoms with Gasteiger partial charge in [0.15, 0.2) is 0 Å². The van der Waals surface area contributed by atoms with Crippen molar-refractivity contribution in [2.75, 3.05) is 6.54 Å². The van der Waals surface area contributed by atoms with Crippen LogP contribution >= 0.6 is 0 Å². The third-order valence-electron chi connectivity index (χ3n) is 4.55. The van der Waals surface area contributed by atoms with E-state index in [0.717, 1.165) is 24.0 Å². The molecule has 5 heteroatoms. The molecule has 26 heavy (non-hydrogen) atoms. The maximum Gasteiger partial charge on any atom is 0.329 e. The number of piperidine rings is 1. The Balaban J connectivity index is 1.56. The van der Waals surface area contributed by atoms with Gasteiger partial charge in [0.25, 0.3) is 0 Å². The fourth-order valence-electron chi connectivity index (χ4n) is 3.12. The van der Waals surface area contributed by atoms with Crippen LogP contribution in [0.25, 0.3) is 0 Å². The van der Waals surface area contributed by atoms with Crippen LogP contribution in [0, 0.1) is 0 Å². The third-order valence-corrected chi connectivity index (χ3v) is 4.55. The lowest BCUT2D eigenvalue weighted by molar-refractivity contribution is -0.151. The van der Waals surface area contributed by atoms with Gasteiger partial charge in [-0.2, -0.15) is 0 Å². The summed E-state index contributed by atoms with van der Waals surface area (Å²) in [4.78, 5) is 26.7. The summed E-state index contributed by atoms with van der Waals surface area (Å²) < 4.78 is 5.45. The van der Waals surface area contributed by atoms with Crippen LogP contribution in [0.15, 0.2) is 60.7 Å². The fraction of sp³-hybridized carbons (Fsp3) is 0.333. The normalized spacial score (nSPS) is 16.8. The molecule has 0 aromatic heterocycles. The molecule has 0 unspecified atom stereocenters. The molecule has 0 saturated carbocycles. The Labute approximate surface area is 154 Å². The molecule has 1 atom stereocenters. The molecule has 1 aliphatic heterocycles. The predicted molar refractivity (Wildman–Crippen MR) is 99.3 cm³/mol. The number of ether oxygens (including phenoxy) is 1. The van der Waals surface area contributed by atoms with Crippen molar-refractivity contribution < 1.29 is 14.3 Å². The van der Waals surface area contributed by atoms with Crippen molar-refractivity contribution in [2.45, 2.75) is 38.5 Å². The molecule has 2 aromatic carbocycles. The van der Waals surface area contributed by atoms with E-state index in [9.17, 15) is 9.59 Å². The Morgan fingerprint density at radius 2 is 1.62 bits per heavy atom. The molecule has 3 rings (SSSR count). The second-order valence-corrected chi connectivity index (χ2v) is 6.44. The Kier molecular flexibility index (Phi) is 6.25. The number of likely N-dealkylation sites (tertiary alicyclic amines) is 1. The standard InChI is InChI=1S/C21H24N2O3/c24-20(26-16-18-11-5-2-6-12-18)19-13-7-8-14-23(19)21(25)22-15-17-9-3-1-4-10-17/h1-6,9-12,19H,7-8,13-16H2,(H,22,25)/t19-/m0/s1. The number of esters is 1. The highest BCUT2D eigenvalue weighted by atomic mass is 16.5.